The summed E-state index contributed by atoms with van der Waals surface area (Å²) in [5.41, 5.74) is -0.498. The standard InChI is InChI=1S/C7H15ClNO/c1-7(2,6(8)10)9(3,4)5/h1-5H3/q+1. The van der Waals surface area contributed by atoms with Crippen molar-refractivity contribution < 1.29 is 9.28 Å². The minimum Gasteiger partial charge on any atom is -0.319 e. The summed E-state index contributed by atoms with van der Waals surface area (Å²) in [6, 6.07) is 0. The molecule has 0 aromatic heterocycles. The van der Waals surface area contributed by atoms with Gasteiger partial charge in [-0.3, -0.25) is 4.79 Å². The van der Waals surface area contributed by atoms with Crippen molar-refractivity contribution in [3.8, 4) is 0 Å². The van der Waals surface area contributed by atoms with E-state index < -0.39 is 5.54 Å². The summed E-state index contributed by atoms with van der Waals surface area (Å²) in [6.45, 7) is 3.67. The van der Waals surface area contributed by atoms with Gasteiger partial charge in [-0.15, -0.1) is 0 Å². The van der Waals surface area contributed by atoms with Crippen molar-refractivity contribution in [1.29, 1.82) is 0 Å². The highest BCUT2D eigenvalue weighted by Gasteiger charge is 2.39. The number of quaternary nitrogens is 1. The molecule has 0 aliphatic heterocycles. The van der Waals surface area contributed by atoms with Crippen molar-refractivity contribution in [2.75, 3.05) is 21.1 Å². The van der Waals surface area contributed by atoms with Gasteiger partial charge in [0.15, 0.2) is 5.54 Å². The van der Waals surface area contributed by atoms with Crippen LogP contribution in [0.4, 0.5) is 0 Å². The maximum Gasteiger partial charge on any atom is 0.281 e. The Hall–Kier alpha value is -0.0800. The van der Waals surface area contributed by atoms with Gasteiger partial charge in [0.2, 0.25) is 0 Å². The first kappa shape index (κ1) is 9.92. The molecular formula is C7H15ClNO+. The highest BCUT2D eigenvalue weighted by molar-refractivity contribution is 6.65. The topological polar surface area (TPSA) is 17.1 Å². The van der Waals surface area contributed by atoms with Gasteiger partial charge in [-0.1, -0.05) is 0 Å². The Morgan fingerprint density at radius 3 is 1.60 bits per heavy atom. The van der Waals surface area contributed by atoms with Crippen LogP contribution in [0.1, 0.15) is 13.8 Å². The van der Waals surface area contributed by atoms with Crippen molar-refractivity contribution in [2.24, 2.45) is 0 Å². The van der Waals surface area contributed by atoms with E-state index >= 15 is 0 Å². The third kappa shape index (κ3) is 1.70. The SMILES string of the molecule is CC(C)(C(=O)Cl)[N+](C)(C)C. The fraction of sp³-hybridized carbons (Fsp3) is 0.857. The Balaban J connectivity index is 4.57. The summed E-state index contributed by atoms with van der Waals surface area (Å²) in [5.74, 6) is 0. The molecular weight excluding hydrogens is 150 g/mol. The summed E-state index contributed by atoms with van der Waals surface area (Å²) in [4.78, 5) is 10.9. The van der Waals surface area contributed by atoms with Crippen LogP contribution in [-0.2, 0) is 4.79 Å². The van der Waals surface area contributed by atoms with E-state index in [0.29, 0.717) is 4.48 Å². The number of nitrogens with zero attached hydrogens (tertiary/aromatic N) is 1. The van der Waals surface area contributed by atoms with E-state index in [2.05, 4.69) is 0 Å². The van der Waals surface area contributed by atoms with Crippen molar-refractivity contribution in [3.63, 3.8) is 0 Å². The van der Waals surface area contributed by atoms with E-state index in [1.807, 2.05) is 35.0 Å². The molecule has 3 heteroatoms. The normalized spacial score (nSPS) is 13.4. The van der Waals surface area contributed by atoms with Crippen LogP contribution in [0.15, 0.2) is 0 Å². The summed E-state index contributed by atoms with van der Waals surface area (Å²) >= 11 is 5.40. The Kier molecular flexibility index (Phi) is 2.49. The predicted molar refractivity (Wildman–Crippen MR) is 43.0 cm³/mol. The Bertz CT molecular complexity index is 146. The van der Waals surface area contributed by atoms with Crippen molar-refractivity contribution >= 4 is 16.8 Å². The summed E-state index contributed by atoms with van der Waals surface area (Å²) in [5, 5.41) is -0.292. The number of hydrogen-bond acceptors (Lipinski definition) is 1. The minimum absolute atomic E-state index is 0.292. The molecule has 0 fully saturated rings. The fourth-order valence-electron chi connectivity index (χ4n) is 0.264. The zero-order valence-corrected chi connectivity index (χ0v) is 7.99. The maximum atomic E-state index is 10.9. The van der Waals surface area contributed by atoms with Crippen LogP contribution in [0.25, 0.3) is 0 Å². The Morgan fingerprint density at radius 2 is 1.60 bits per heavy atom. The lowest BCUT2D eigenvalue weighted by Crippen LogP contribution is -2.56. The number of rotatable bonds is 2. The largest absolute Gasteiger partial charge is 0.319 e. The molecule has 2 nitrogen and oxygen atoms in total. The van der Waals surface area contributed by atoms with Gasteiger partial charge in [0.1, 0.15) is 0 Å². The van der Waals surface area contributed by atoms with Gasteiger partial charge >= 0.3 is 0 Å². The smallest absolute Gasteiger partial charge is 0.281 e. The molecule has 0 rings (SSSR count). The number of likely N-dealkylation sites (N-methyl/N-ethyl adjacent to an activating group) is 1. The molecule has 0 unspecified atom stereocenters. The highest BCUT2D eigenvalue weighted by Crippen LogP contribution is 2.19. The molecule has 0 heterocycles. The molecule has 60 valence electrons. The van der Waals surface area contributed by atoms with E-state index in [1.165, 1.54) is 0 Å². The number of hydrogen-bond donors (Lipinski definition) is 0. The third-order valence-corrected chi connectivity index (χ3v) is 2.62. The Labute approximate surface area is 67.4 Å². The maximum absolute atomic E-state index is 10.9. The first-order valence-corrected chi connectivity index (χ1v) is 3.59. The van der Waals surface area contributed by atoms with Crippen LogP contribution in [-0.4, -0.2) is 36.4 Å². The van der Waals surface area contributed by atoms with Crippen LogP contribution >= 0.6 is 11.6 Å². The molecule has 0 saturated carbocycles. The van der Waals surface area contributed by atoms with Crippen LogP contribution in [0.2, 0.25) is 0 Å². The van der Waals surface area contributed by atoms with Gasteiger partial charge in [0.05, 0.1) is 21.1 Å². The minimum atomic E-state index is -0.498. The van der Waals surface area contributed by atoms with E-state index in [1.54, 1.807) is 0 Å². The third-order valence-electron chi connectivity index (χ3n) is 2.16. The number of halogens is 1. The van der Waals surface area contributed by atoms with Crippen LogP contribution in [0, 0.1) is 0 Å². The molecule has 0 aliphatic carbocycles. The van der Waals surface area contributed by atoms with Gasteiger partial charge < -0.3 is 4.48 Å². The highest BCUT2D eigenvalue weighted by atomic mass is 35.5. The van der Waals surface area contributed by atoms with Crippen LogP contribution < -0.4 is 0 Å². The average molecular weight is 165 g/mol. The summed E-state index contributed by atoms with van der Waals surface area (Å²) in [6.07, 6.45) is 0. The molecule has 0 radical (unpaired) electrons. The lowest BCUT2D eigenvalue weighted by Gasteiger charge is -2.38. The quantitative estimate of drug-likeness (QED) is 0.444. The molecule has 0 atom stereocenters. The lowest BCUT2D eigenvalue weighted by molar-refractivity contribution is -0.908. The summed E-state index contributed by atoms with van der Waals surface area (Å²) < 4.78 is 0.551. The molecule has 0 bridgehead atoms. The first-order valence-electron chi connectivity index (χ1n) is 3.21. The second kappa shape index (κ2) is 2.51. The predicted octanol–water partition coefficient (Wildman–Crippen LogP) is 1.24. The molecule has 0 amide bonds. The average Bonchev–Trinajstić information content (AvgIpc) is 1.62. The van der Waals surface area contributed by atoms with Crippen molar-refractivity contribution in [1.82, 2.24) is 0 Å². The molecule has 0 aromatic rings. The van der Waals surface area contributed by atoms with Crippen LogP contribution in [0.5, 0.6) is 0 Å². The van der Waals surface area contributed by atoms with E-state index in [-0.39, 0.29) is 5.24 Å². The molecule has 10 heavy (non-hydrogen) atoms. The van der Waals surface area contributed by atoms with Gasteiger partial charge in [-0.05, 0) is 25.4 Å². The monoisotopic (exact) mass is 164 g/mol. The first-order chi connectivity index (χ1) is 4.19. The van der Waals surface area contributed by atoms with E-state index in [9.17, 15) is 4.79 Å². The molecule has 0 N–H and O–H groups in total. The lowest BCUT2D eigenvalue weighted by atomic mass is 10.0. The second-order valence-electron chi connectivity index (χ2n) is 3.85. The fourth-order valence-corrected chi connectivity index (χ4v) is 0.517. The molecule has 0 saturated heterocycles. The molecule has 0 aromatic carbocycles. The second-order valence-corrected chi connectivity index (χ2v) is 4.19. The van der Waals surface area contributed by atoms with Crippen molar-refractivity contribution in [3.05, 3.63) is 0 Å². The Morgan fingerprint density at radius 1 is 1.30 bits per heavy atom. The molecule has 0 spiro atoms. The molecule has 0 aliphatic rings. The van der Waals surface area contributed by atoms with Crippen molar-refractivity contribution in [2.45, 2.75) is 19.4 Å². The van der Waals surface area contributed by atoms with E-state index in [0.717, 1.165) is 0 Å². The van der Waals surface area contributed by atoms with Gasteiger partial charge in [0.25, 0.3) is 5.24 Å². The van der Waals surface area contributed by atoms with Gasteiger partial charge in [-0.25, -0.2) is 0 Å². The zero-order valence-electron chi connectivity index (χ0n) is 7.23. The van der Waals surface area contributed by atoms with Gasteiger partial charge in [0, 0.05) is 0 Å². The van der Waals surface area contributed by atoms with E-state index in [4.69, 9.17) is 11.6 Å². The van der Waals surface area contributed by atoms with Gasteiger partial charge in [-0.2, -0.15) is 0 Å². The number of carbonyl (C=O) groups excluding carboxylic acids is 1. The van der Waals surface area contributed by atoms with Crippen LogP contribution in [0.3, 0.4) is 0 Å². The zero-order chi connectivity index (χ0) is 8.58. The number of carbonyl (C=O) groups is 1. The summed E-state index contributed by atoms with van der Waals surface area (Å²) in [7, 11) is 5.83.